The summed E-state index contributed by atoms with van der Waals surface area (Å²) in [5, 5.41) is 3.47. The first-order valence-corrected chi connectivity index (χ1v) is 15.0. The van der Waals surface area contributed by atoms with Gasteiger partial charge in [0.05, 0.1) is 27.2 Å². The quantitative estimate of drug-likeness (QED) is 0.293. The van der Waals surface area contributed by atoms with Crippen LogP contribution >= 0.6 is 23.2 Å². The van der Waals surface area contributed by atoms with Crippen LogP contribution in [0.5, 0.6) is 5.75 Å². The SMILES string of the molecule is CCOc1ccc(S(=O)(=O)N(CC(=O)N(Cc2ccc(Cl)c(Cl)c2)[C@@H](C)C(=O)NC(C)C)c2ccccc2)cc1. The molecule has 0 aromatic heterocycles. The zero-order chi connectivity index (χ0) is 29.4. The lowest BCUT2D eigenvalue weighted by molar-refractivity contribution is -0.139. The molecule has 0 aliphatic heterocycles. The normalized spacial score (nSPS) is 12.1. The molecule has 0 saturated carbocycles. The van der Waals surface area contributed by atoms with E-state index in [4.69, 9.17) is 27.9 Å². The van der Waals surface area contributed by atoms with Gasteiger partial charge in [-0.1, -0.05) is 47.5 Å². The minimum atomic E-state index is -4.17. The number of hydrogen-bond acceptors (Lipinski definition) is 5. The summed E-state index contributed by atoms with van der Waals surface area (Å²) in [6, 6.07) is 18.2. The Balaban J connectivity index is 2.01. The molecule has 3 aromatic rings. The van der Waals surface area contributed by atoms with Gasteiger partial charge < -0.3 is 15.0 Å². The molecule has 1 atom stereocenters. The fourth-order valence-corrected chi connectivity index (χ4v) is 5.68. The first-order chi connectivity index (χ1) is 18.9. The summed E-state index contributed by atoms with van der Waals surface area (Å²) in [7, 11) is -4.17. The molecule has 0 unspecified atom stereocenters. The van der Waals surface area contributed by atoms with Crippen molar-refractivity contribution in [2.75, 3.05) is 17.5 Å². The van der Waals surface area contributed by atoms with Crippen LogP contribution in [0.1, 0.15) is 33.3 Å². The fourth-order valence-electron chi connectivity index (χ4n) is 3.95. The molecule has 0 spiro atoms. The number of para-hydroxylation sites is 1. The molecule has 0 radical (unpaired) electrons. The van der Waals surface area contributed by atoms with Crippen LogP contribution in [0.25, 0.3) is 0 Å². The number of benzene rings is 3. The van der Waals surface area contributed by atoms with Crippen LogP contribution in [0.2, 0.25) is 10.0 Å². The maximum Gasteiger partial charge on any atom is 0.264 e. The second-order valence-corrected chi connectivity index (χ2v) is 12.0. The average Bonchev–Trinajstić information content (AvgIpc) is 2.92. The lowest BCUT2D eigenvalue weighted by Crippen LogP contribution is -2.52. The second kappa shape index (κ2) is 13.9. The molecule has 0 fully saturated rings. The highest BCUT2D eigenvalue weighted by Gasteiger charge is 2.32. The van der Waals surface area contributed by atoms with Crippen LogP contribution in [0.15, 0.2) is 77.7 Å². The number of carbonyl (C=O) groups is 2. The first kappa shape index (κ1) is 31.3. The number of nitrogens with zero attached hydrogens (tertiary/aromatic N) is 2. The minimum absolute atomic E-state index is 0.00533. The summed E-state index contributed by atoms with van der Waals surface area (Å²) in [4.78, 5) is 28.2. The van der Waals surface area contributed by atoms with Crippen LogP contribution in [0.3, 0.4) is 0 Å². The van der Waals surface area contributed by atoms with Gasteiger partial charge in [0.2, 0.25) is 11.8 Å². The van der Waals surface area contributed by atoms with E-state index in [9.17, 15) is 18.0 Å². The predicted octanol–water partition coefficient (Wildman–Crippen LogP) is 5.53. The molecule has 1 N–H and O–H groups in total. The van der Waals surface area contributed by atoms with Crippen molar-refractivity contribution in [1.82, 2.24) is 10.2 Å². The predicted molar refractivity (Wildman–Crippen MR) is 158 cm³/mol. The van der Waals surface area contributed by atoms with Gasteiger partial charge in [0.25, 0.3) is 10.0 Å². The summed E-state index contributed by atoms with van der Waals surface area (Å²) in [5.74, 6) is -0.415. The van der Waals surface area contributed by atoms with Crippen LogP contribution in [0.4, 0.5) is 5.69 Å². The molecule has 0 aliphatic rings. The standard InChI is InChI=1S/C29H33Cl2N3O5S/c1-5-39-24-12-14-25(15-13-24)40(37,38)34(23-9-7-6-8-10-23)19-28(35)33(21(4)29(36)32-20(2)3)18-22-11-16-26(30)27(31)17-22/h6-17,20-21H,5,18-19H2,1-4H3,(H,32,36)/t21-/m0/s1. The molecular formula is C29H33Cl2N3O5S. The van der Waals surface area contributed by atoms with Crippen molar-refractivity contribution in [1.29, 1.82) is 0 Å². The van der Waals surface area contributed by atoms with E-state index >= 15 is 0 Å². The van der Waals surface area contributed by atoms with E-state index < -0.39 is 28.5 Å². The van der Waals surface area contributed by atoms with Crippen molar-refractivity contribution >= 4 is 50.7 Å². The van der Waals surface area contributed by atoms with Gasteiger partial charge in [0.1, 0.15) is 18.3 Å². The molecule has 8 nitrogen and oxygen atoms in total. The lowest BCUT2D eigenvalue weighted by Gasteiger charge is -2.32. The number of anilines is 1. The molecule has 40 heavy (non-hydrogen) atoms. The van der Waals surface area contributed by atoms with E-state index in [1.54, 1.807) is 67.6 Å². The van der Waals surface area contributed by atoms with Crippen LogP contribution in [-0.2, 0) is 26.2 Å². The number of ether oxygens (including phenoxy) is 1. The molecule has 2 amide bonds. The van der Waals surface area contributed by atoms with Gasteiger partial charge in [0.15, 0.2) is 0 Å². The third-order valence-corrected chi connectivity index (χ3v) is 8.51. The van der Waals surface area contributed by atoms with E-state index in [-0.39, 0.29) is 23.4 Å². The highest BCUT2D eigenvalue weighted by atomic mass is 35.5. The molecule has 0 heterocycles. The van der Waals surface area contributed by atoms with Crippen molar-refractivity contribution < 1.29 is 22.7 Å². The molecule has 214 valence electrons. The maximum atomic E-state index is 13.9. The zero-order valence-corrected chi connectivity index (χ0v) is 25.1. The molecule has 3 aromatic carbocycles. The fraction of sp³-hybridized carbons (Fsp3) is 0.310. The Morgan fingerprint density at radius 1 is 0.925 bits per heavy atom. The molecule has 0 bridgehead atoms. The Hall–Kier alpha value is -3.27. The number of rotatable bonds is 12. The van der Waals surface area contributed by atoms with E-state index in [1.165, 1.54) is 17.0 Å². The van der Waals surface area contributed by atoms with Crippen LogP contribution in [-0.4, -0.2) is 50.4 Å². The minimum Gasteiger partial charge on any atom is -0.494 e. The molecule has 11 heteroatoms. The Morgan fingerprint density at radius 3 is 2.15 bits per heavy atom. The first-order valence-electron chi connectivity index (χ1n) is 12.8. The van der Waals surface area contributed by atoms with E-state index in [1.807, 2.05) is 20.8 Å². The summed E-state index contributed by atoms with van der Waals surface area (Å²) >= 11 is 12.3. The van der Waals surface area contributed by atoms with E-state index in [0.29, 0.717) is 33.7 Å². The molecular weight excluding hydrogens is 573 g/mol. The van der Waals surface area contributed by atoms with Crippen LogP contribution in [0, 0.1) is 0 Å². The third-order valence-electron chi connectivity index (χ3n) is 5.98. The summed E-state index contributed by atoms with van der Waals surface area (Å²) in [6.07, 6.45) is 0. The monoisotopic (exact) mass is 605 g/mol. The summed E-state index contributed by atoms with van der Waals surface area (Å²) in [6.45, 7) is 6.97. The largest absolute Gasteiger partial charge is 0.494 e. The number of amides is 2. The third kappa shape index (κ3) is 7.90. The zero-order valence-electron chi connectivity index (χ0n) is 22.8. The number of carbonyl (C=O) groups excluding carboxylic acids is 2. The number of sulfonamides is 1. The maximum absolute atomic E-state index is 13.9. The van der Waals surface area contributed by atoms with Gasteiger partial charge in [-0.2, -0.15) is 0 Å². The van der Waals surface area contributed by atoms with Gasteiger partial charge >= 0.3 is 0 Å². The van der Waals surface area contributed by atoms with Gasteiger partial charge in [-0.05, 0) is 81.8 Å². The average molecular weight is 607 g/mol. The number of halogens is 2. The van der Waals surface area contributed by atoms with Crippen molar-refractivity contribution in [3.63, 3.8) is 0 Å². The molecule has 0 saturated heterocycles. The highest BCUT2D eigenvalue weighted by molar-refractivity contribution is 7.92. The molecule has 3 rings (SSSR count). The highest BCUT2D eigenvalue weighted by Crippen LogP contribution is 2.27. The summed E-state index contributed by atoms with van der Waals surface area (Å²) < 4.78 is 34.2. The lowest BCUT2D eigenvalue weighted by atomic mass is 10.1. The molecule has 0 aliphatic carbocycles. The topological polar surface area (TPSA) is 96.0 Å². The van der Waals surface area contributed by atoms with Crippen molar-refractivity contribution in [2.24, 2.45) is 0 Å². The van der Waals surface area contributed by atoms with Crippen molar-refractivity contribution in [3.05, 3.63) is 88.4 Å². The van der Waals surface area contributed by atoms with Crippen molar-refractivity contribution in [2.45, 2.75) is 51.2 Å². The second-order valence-electron chi connectivity index (χ2n) is 9.36. The van der Waals surface area contributed by atoms with Crippen molar-refractivity contribution in [3.8, 4) is 5.75 Å². The van der Waals surface area contributed by atoms with Gasteiger partial charge in [-0.15, -0.1) is 0 Å². The Morgan fingerprint density at radius 2 is 1.57 bits per heavy atom. The Kier molecular flexibility index (Phi) is 10.8. The van der Waals surface area contributed by atoms with Gasteiger partial charge in [0, 0.05) is 12.6 Å². The number of nitrogens with one attached hydrogen (secondary N) is 1. The number of hydrogen-bond donors (Lipinski definition) is 1. The van der Waals surface area contributed by atoms with Gasteiger partial charge in [-0.3, -0.25) is 13.9 Å². The van der Waals surface area contributed by atoms with Gasteiger partial charge in [-0.25, -0.2) is 8.42 Å². The van der Waals surface area contributed by atoms with E-state index in [0.717, 1.165) is 4.31 Å². The summed E-state index contributed by atoms with van der Waals surface area (Å²) in [5.41, 5.74) is 0.936. The van der Waals surface area contributed by atoms with Crippen LogP contribution < -0.4 is 14.4 Å². The Labute approximate surface area is 245 Å². The smallest absolute Gasteiger partial charge is 0.264 e. The Bertz CT molecular complexity index is 1420. The van der Waals surface area contributed by atoms with E-state index in [2.05, 4.69) is 5.32 Å².